The molecule has 2 rings (SSSR count). The maximum absolute atomic E-state index is 11.3. The molecule has 0 atom stereocenters. The van der Waals surface area contributed by atoms with Crippen LogP contribution in [0.5, 0.6) is 0 Å². The fourth-order valence-electron chi connectivity index (χ4n) is 1.43. The molecule has 1 saturated carbocycles. The highest BCUT2D eigenvalue weighted by Crippen LogP contribution is 2.27. The zero-order chi connectivity index (χ0) is 10.5. The lowest BCUT2D eigenvalue weighted by atomic mass is 10.3. The number of hydrogen-bond acceptors (Lipinski definition) is 2. The summed E-state index contributed by atoms with van der Waals surface area (Å²) in [5, 5.41) is 6.02. The molecule has 1 aliphatic rings. The molecule has 0 unspecified atom stereocenters. The summed E-state index contributed by atoms with van der Waals surface area (Å²) in [4.78, 5) is 14.3. The predicted octanol–water partition coefficient (Wildman–Crippen LogP) is 0.630. The Hall–Kier alpha value is -1.29. The molecule has 0 saturated heterocycles. The number of rotatable bonds is 6. The van der Waals surface area contributed by atoms with Crippen molar-refractivity contribution < 1.29 is 4.79 Å². The molecule has 1 aromatic heterocycles. The van der Waals surface area contributed by atoms with E-state index in [4.69, 9.17) is 0 Å². The van der Waals surface area contributed by atoms with Crippen molar-refractivity contribution in [2.24, 2.45) is 5.92 Å². The van der Waals surface area contributed by atoms with Gasteiger partial charge in [-0.2, -0.15) is 0 Å². The number of aromatic nitrogens is 1. The van der Waals surface area contributed by atoms with Crippen LogP contribution >= 0.6 is 0 Å². The normalized spacial score (nSPS) is 15.2. The van der Waals surface area contributed by atoms with Crippen molar-refractivity contribution in [3.63, 3.8) is 0 Å². The molecular weight excluding hydrogens is 190 g/mol. The van der Waals surface area contributed by atoms with Gasteiger partial charge in [0.2, 0.25) is 5.91 Å². The third-order valence-corrected chi connectivity index (χ3v) is 2.56. The second-order valence-corrected chi connectivity index (χ2v) is 4.07. The number of amides is 1. The molecule has 0 radical (unpaired) electrons. The lowest BCUT2D eigenvalue weighted by Gasteiger charge is -2.04. The number of hydrogen-bond donors (Lipinski definition) is 3. The van der Waals surface area contributed by atoms with Gasteiger partial charge in [0.05, 0.1) is 6.54 Å². The summed E-state index contributed by atoms with van der Waals surface area (Å²) in [6.07, 6.45) is 6.35. The quantitative estimate of drug-likeness (QED) is 0.641. The van der Waals surface area contributed by atoms with Crippen LogP contribution in [0.25, 0.3) is 0 Å². The Balaban J connectivity index is 1.54. The average Bonchev–Trinajstić information content (AvgIpc) is 2.92. The van der Waals surface area contributed by atoms with Crippen LogP contribution < -0.4 is 10.6 Å². The minimum Gasteiger partial charge on any atom is -0.367 e. The Labute approximate surface area is 89.5 Å². The van der Waals surface area contributed by atoms with Gasteiger partial charge in [0.1, 0.15) is 0 Å². The van der Waals surface area contributed by atoms with Crippen molar-refractivity contribution in [2.75, 3.05) is 13.1 Å². The molecule has 0 aromatic carbocycles. The minimum absolute atomic E-state index is 0.0948. The number of carbonyl (C=O) groups is 1. The van der Waals surface area contributed by atoms with E-state index in [9.17, 15) is 4.79 Å². The first-order valence-electron chi connectivity index (χ1n) is 5.43. The molecule has 1 amide bonds. The van der Waals surface area contributed by atoms with Crippen molar-refractivity contribution >= 4 is 5.91 Å². The number of carbonyl (C=O) groups excluding carboxylic acids is 1. The van der Waals surface area contributed by atoms with Gasteiger partial charge in [-0.25, -0.2) is 0 Å². The van der Waals surface area contributed by atoms with Gasteiger partial charge in [-0.3, -0.25) is 4.79 Å². The molecule has 0 spiro atoms. The Bertz CT molecular complexity index is 304. The van der Waals surface area contributed by atoms with E-state index in [2.05, 4.69) is 15.6 Å². The van der Waals surface area contributed by atoms with Gasteiger partial charge in [-0.1, -0.05) is 0 Å². The third-order valence-electron chi connectivity index (χ3n) is 2.56. The highest BCUT2D eigenvalue weighted by molar-refractivity contribution is 5.77. The molecule has 3 N–H and O–H groups in total. The van der Waals surface area contributed by atoms with Crippen LogP contribution in [0, 0.1) is 5.92 Å². The Morgan fingerprint density at radius 2 is 2.40 bits per heavy atom. The van der Waals surface area contributed by atoms with Crippen molar-refractivity contribution in [2.45, 2.75) is 19.4 Å². The maximum Gasteiger partial charge on any atom is 0.233 e. The summed E-state index contributed by atoms with van der Waals surface area (Å²) < 4.78 is 0. The summed E-state index contributed by atoms with van der Waals surface area (Å²) in [7, 11) is 0. The predicted molar refractivity (Wildman–Crippen MR) is 58.2 cm³/mol. The van der Waals surface area contributed by atoms with E-state index in [0.717, 1.165) is 19.0 Å². The van der Waals surface area contributed by atoms with Crippen molar-refractivity contribution in [3.8, 4) is 0 Å². The molecule has 1 aromatic rings. The first-order valence-corrected chi connectivity index (χ1v) is 5.43. The number of aromatic amines is 1. The molecule has 1 aliphatic carbocycles. The first-order chi connectivity index (χ1) is 7.34. The van der Waals surface area contributed by atoms with E-state index in [1.54, 1.807) is 0 Å². The van der Waals surface area contributed by atoms with Crippen molar-refractivity contribution in [1.29, 1.82) is 0 Å². The average molecular weight is 207 g/mol. The Morgan fingerprint density at radius 3 is 3.07 bits per heavy atom. The molecule has 0 aliphatic heterocycles. The van der Waals surface area contributed by atoms with E-state index in [0.29, 0.717) is 6.54 Å². The maximum atomic E-state index is 11.3. The second kappa shape index (κ2) is 4.98. The smallest absolute Gasteiger partial charge is 0.233 e. The molecule has 1 fully saturated rings. The van der Waals surface area contributed by atoms with E-state index < -0.39 is 0 Å². The van der Waals surface area contributed by atoms with Gasteiger partial charge in [-0.15, -0.1) is 0 Å². The Morgan fingerprint density at radius 1 is 1.53 bits per heavy atom. The van der Waals surface area contributed by atoms with Crippen LogP contribution in [0.2, 0.25) is 0 Å². The van der Waals surface area contributed by atoms with Crippen LogP contribution in [0.4, 0.5) is 0 Å². The topological polar surface area (TPSA) is 56.9 Å². The minimum atomic E-state index is 0.0948. The summed E-state index contributed by atoms with van der Waals surface area (Å²) in [6.45, 7) is 1.99. The van der Waals surface area contributed by atoms with Crippen molar-refractivity contribution in [3.05, 3.63) is 24.0 Å². The van der Waals surface area contributed by atoms with Crippen molar-refractivity contribution in [1.82, 2.24) is 15.6 Å². The first kappa shape index (κ1) is 10.2. The Kier molecular flexibility index (Phi) is 3.40. The summed E-state index contributed by atoms with van der Waals surface area (Å²) >= 11 is 0. The highest BCUT2D eigenvalue weighted by Gasteiger charge is 2.21. The zero-order valence-electron chi connectivity index (χ0n) is 8.75. The van der Waals surface area contributed by atoms with E-state index in [1.807, 2.05) is 18.5 Å². The second-order valence-electron chi connectivity index (χ2n) is 4.07. The molecule has 4 nitrogen and oxygen atoms in total. The number of H-pyrrole nitrogens is 1. The van der Waals surface area contributed by atoms with E-state index in [-0.39, 0.29) is 5.91 Å². The third kappa shape index (κ3) is 3.75. The largest absolute Gasteiger partial charge is 0.367 e. The molecule has 1 heterocycles. The van der Waals surface area contributed by atoms with Gasteiger partial charge in [0.15, 0.2) is 0 Å². The fraction of sp³-hybridized carbons (Fsp3) is 0.545. The van der Waals surface area contributed by atoms with Crippen LogP contribution in [-0.2, 0) is 11.3 Å². The van der Waals surface area contributed by atoms with Crippen LogP contribution in [0.3, 0.4) is 0 Å². The lowest BCUT2D eigenvalue weighted by molar-refractivity contribution is -0.120. The van der Waals surface area contributed by atoms with Crippen LogP contribution in [0.1, 0.15) is 18.4 Å². The molecule has 4 heteroatoms. The van der Waals surface area contributed by atoms with Gasteiger partial charge >= 0.3 is 0 Å². The molecule has 0 bridgehead atoms. The summed E-state index contributed by atoms with van der Waals surface area (Å²) in [6, 6.07) is 2.00. The summed E-state index contributed by atoms with van der Waals surface area (Å²) in [5.41, 5.74) is 1.17. The molecular formula is C11H17N3O. The number of nitrogens with one attached hydrogen (secondary N) is 3. The highest BCUT2D eigenvalue weighted by atomic mass is 16.1. The van der Waals surface area contributed by atoms with Gasteiger partial charge in [0, 0.05) is 25.5 Å². The molecule has 15 heavy (non-hydrogen) atoms. The SMILES string of the molecule is O=C(CNCc1cc[nH]c1)NCC1CC1. The lowest BCUT2D eigenvalue weighted by Crippen LogP contribution is -2.34. The van der Waals surface area contributed by atoms with Gasteiger partial charge in [-0.05, 0) is 30.4 Å². The van der Waals surface area contributed by atoms with Gasteiger partial charge in [0.25, 0.3) is 0 Å². The molecule has 82 valence electrons. The zero-order valence-corrected chi connectivity index (χ0v) is 8.75. The van der Waals surface area contributed by atoms with Crippen LogP contribution in [-0.4, -0.2) is 24.0 Å². The van der Waals surface area contributed by atoms with E-state index in [1.165, 1.54) is 18.4 Å². The standard InChI is InChI=1S/C11H17N3O/c15-11(14-7-9-1-2-9)8-13-6-10-3-4-12-5-10/h3-5,9,12-13H,1-2,6-8H2,(H,14,15). The monoisotopic (exact) mass is 207 g/mol. The van der Waals surface area contributed by atoms with Crippen LogP contribution in [0.15, 0.2) is 18.5 Å². The summed E-state index contributed by atoms with van der Waals surface area (Å²) in [5.74, 6) is 0.844. The van der Waals surface area contributed by atoms with E-state index >= 15 is 0 Å². The van der Waals surface area contributed by atoms with Gasteiger partial charge < -0.3 is 15.6 Å². The fourth-order valence-corrected chi connectivity index (χ4v) is 1.43.